The molecule has 2 rings (SSSR count). The van der Waals surface area contributed by atoms with Crippen LogP contribution in [0.4, 0.5) is 0 Å². The summed E-state index contributed by atoms with van der Waals surface area (Å²) in [4.78, 5) is 16.5. The molecule has 1 saturated carbocycles. The van der Waals surface area contributed by atoms with Crippen LogP contribution >= 0.6 is 0 Å². The van der Waals surface area contributed by atoms with Gasteiger partial charge in [-0.15, -0.1) is 0 Å². The van der Waals surface area contributed by atoms with Crippen molar-refractivity contribution < 1.29 is 23.4 Å². The number of likely N-dealkylation sites (N-methyl/N-ethyl adjacent to an activating group) is 1. The second-order valence-corrected chi connectivity index (χ2v) is 4.96. The van der Waals surface area contributed by atoms with Crippen LogP contribution in [0.3, 0.4) is 0 Å². The molecule has 4 heteroatoms. The predicted octanol–water partition coefficient (Wildman–Crippen LogP) is 1.34. The summed E-state index contributed by atoms with van der Waals surface area (Å²) >= 11 is 0. The molecular weight excluding hydrogens is 239 g/mol. The Kier molecular flexibility index (Phi) is 5.88. The Morgan fingerprint density at radius 2 is 1.56 bits per heavy atom. The molecule has 2 aliphatic rings. The van der Waals surface area contributed by atoms with Gasteiger partial charge in [0.1, 0.15) is 0 Å². The van der Waals surface area contributed by atoms with Crippen molar-refractivity contribution in [2.75, 3.05) is 33.2 Å². The van der Waals surface area contributed by atoms with Crippen LogP contribution in [0.15, 0.2) is 0 Å². The zero-order valence-electron chi connectivity index (χ0n) is 10.2. The van der Waals surface area contributed by atoms with E-state index in [2.05, 4.69) is 16.8 Å². The number of rotatable bonds is 1. The van der Waals surface area contributed by atoms with Crippen molar-refractivity contribution >= 4 is 5.91 Å². The summed E-state index contributed by atoms with van der Waals surface area (Å²) in [5.41, 5.74) is 0. The van der Waals surface area contributed by atoms with Crippen LogP contribution in [0.2, 0.25) is 0 Å². The number of amides is 1. The molecule has 0 unspecified atom stereocenters. The van der Waals surface area contributed by atoms with Crippen LogP contribution in [0.5, 0.6) is 0 Å². The van der Waals surface area contributed by atoms with E-state index < -0.39 is 0 Å². The van der Waals surface area contributed by atoms with E-state index in [1.54, 1.807) is 0 Å². The van der Waals surface area contributed by atoms with E-state index in [1.165, 1.54) is 19.3 Å². The average Bonchev–Trinajstić information content (AvgIpc) is 2.30. The van der Waals surface area contributed by atoms with Gasteiger partial charge in [-0.1, -0.05) is 19.3 Å². The minimum atomic E-state index is 0. The zero-order valence-corrected chi connectivity index (χ0v) is 11.6. The Bertz CT molecular complexity index is 221. The maximum Gasteiger partial charge on any atom is 0.225 e. The standard InChI is InChI=1S/C12H22N2O.V/c1-13-7-9-14(10-8-13)12(15)11-5-3-2-4-6-11;/h11H,2-10H2,1H3;. The van der Waals surface area contributed by atoms with Gasteiger partial charge in [0.2, 0.25) is 5.91 Å². The second kappa shape index (κ2) is 6.68. The van der Waals surface area contributed by atoms with Gasteiger partial charge in [0.25, 0.3) is 0 Å². The van der Waals surface area contributed by atoms with Gasteiger partial charge in [0, 0.05) is 50.7 Å². The molecule has 0 aromatic rings. The minimum Gasteiger partial charge on any atom is -0.340 e. The summed E-state index contributed by atoms with van der Waals surface area (Å²) in [7, 11) is 2.13. The zero-order chi connectivity index (χ0) is 10.7. The first-order chi connectivity index (χ1) is 7.27. The first-order valence-corrected chi connectivity index (χ1v) is 6.25. The van der Waals surface area contributed by atoms with Crippen molar-refractivity contribution in [2.24, 2.45) is 5.92 Å². The van der Waals surface area contributed by atoms with Crippen molar-refractivity contribution in [2.45, 2.75) is 32.1 Å². The van der Waals surface area contributed by atoms with Gasteiger partial charge in [-0.2, -0.15) is 0 Å². The molecule has 1 aliphatic heterocycles. The molecular formula is C12H22N2OV. The number of nitrogens with zero attached hydrogens (tertiary/aromatic N) is 2. The molecule has 0 bridgehead atoms. The van der Waals surface area contributed by atoms with E-state index in [0.717, 1.165) is 39.0 Å². The Morgan fingerprint density at radius 3 is 2.12 bits per heavy atom. The van der Waals surface area contributed by atoms with Gasteiger partial charge in [-0.05, 0) is 19.9 Å². The topological polar surface area (TPSA) is 23.6 Å². The second-order valence-electron chi connectivity index (χ2n) is 4.96. The molecule has 16 heavy (non-hydrogen) atoms. The molecule has 0 N–H and O–H groups in total. The van der Waals surface area contributed by atoms with Gasteiger partial charge >= 0.3 is 0 Å². The van der Waals surface area contributed by atoms with Crippen LogP contribution in [0.25, 0.3) is 0 Å². The molecule has 3 nitrogen and oxygen atoms in total. The number of carbonyl (C=O) groups excluding carboxylic acids is 1. The molecule has 91 valence electrons. The van der Waals surface area contributed by atoms with Crippen molar-refractivity contribution in [3.63, 3.8) is 0 Å². The Morgan fingerprint density at radius 1 is 1.00 bits per heavy atom. The van der Waals surface area contributed by atoms with Crippen molar-refractivity contribution in [3.8, 4) is 0 Å². The van der Waals surface area contributed by atoms with E-state index in [0.29, 0.717) is 11.8 Å². The molecule has 1 radical (unpaired) electrons. The summed E-state index contributed by atoms with van der Waals surface area (Å²) in [5.74, 6) is 0.782. The first kappa shape index (κ1) is 14.1. The first-order valence-electron chi connectivity index (χ1n) is 6.25. The molecule has 0 aromatic carbocycles. The molecule has 1 heterocycles. The molecule has 0 atom stereocenters. The smallest absolute Gasteiger partial charge is 0.225 e. The van der Waals surface area contributed by atoms with Gasteiger partial charge in [0.05, 0.1) is 0 Å². The quantitative estimate of drug-likeness (QED) is 0.711. The number of hydrogen-bond donors (Lipinski definition) is 0. The van der Waals surface area contributed by atoms with E-state index in [-0.39, 0.29) is 18.6 Å². The van der Waals surface area contributed by atoms with Gasteiger partial charge in [-0.3, -0.25) is 4.79 Å². The Labute approximate surface area is 110 Å². The van der Waals surface area contributed by atoms with E-state index >= 15 is 0 Å². The molecule has 1 aliphatic carbocycles. The van der Waals surface area contributed by atoms with Crippen molar-refractivity contribution in [1.82, 2.24) is 9.80 Å². The van der Waals surface area contributed by atoms with E-state index in [9.17, 15) is 4.79 Å². The maximum absolute atomic E-state index is 12.2. The van der Waals surface area contributed by atoms with Crippen molar-refractivity contribution in [3.05, 3.63) is 0 Å². The minimum absolute atomic E-state index is 0. The Balaban J connectivity index is 0.00000128. The largest absolute Gasteiger partial charge is 0.340 e. The fraction of sp³-hybridized carbons (Fsp3) is 0.917. The summed E-state index contributed by atoms with van der Waals surface area (Å²) in [5, 5.41) is 0. The molecule has 0 spiro atoms. The van der Waals surface area contributed by atoms with Crippen LogP contribution < -0.4 is 0 Å². The number of piperazine rings is 1. The molecule has 2 fully saturated rings. The maximum atomic E-state index is 12.2. The monoisotopic (exact) mass is 261 g/mol. The van der Waals surface area contributed by atoms with E-state index in [1.807, 2.05) is 0 Å². The third kappa shape index (κ3) is 3.51. The summed E-state index contributed by atoms with van der Waals surface area (Å²) in [6.07, 6.45) is 6.09. The fourth-order valence-electron chi connectivity index (χ4n) is 2.63. The fourth-order valence-corrected chi connectivity index (χ4v) is 2.63. The van der Waals surface area contributed by atoms with Crippen LogP contribution in [0.1, 0.15) is 32.1 Å². The normalized spacial score (nSPS) is 23.9. The molecule has 1 amide bonds. The van der Waals surface area contributed by atoms with Crippen LogP contribution in [-0.4, -0.2) is 48.9 Å². The number of hydrogen-bond acceptors (Lipinski definition) is 2. The Hall–Kier alpha value is 0.0144. The van der Waals surface area contributed by atoms with E-state index in [4.69, 9.17) is 0 Å². The van der Waals surface area contributed by atoms with Crippen LogP contribution in [0, 0.1) is 5.92 Å². The van der Waals surface area contributed by atoms with Crippen LogP contribution in [-0.2, 0) is 23.4 Å². The number of carbonyl (C=O) groups is 1. The predicted molar refractivity (Wildman–Crippen MR) is 60.7 cm³/mol. The average molecular weight is 261 g/mol. The van der Waals surface area contributed by atoms with Gasteiger partial charge in [0.15, 0.2) is 0 Å². The molecule has 1 saturated heterocycles. The summed E-state index contributed by atoms with van der Waals surface area (Å²) < 4.78 is 0. The SMILES string of the molecule is CN1CCN(C(=O)C2CCCCC2)CC1.[V]. The summed E-state index contributed by atoms with van der Waals surface area (Å²) in [6, 6.07) is 0. The summed E-state index contributed by atoms with van der Waals surface area (Å²) in [6.45, 7) is 3.95. The third-order valence-corrected chi connectivity index (χ3v) is 3.77. The van der Waals surface area contributed by atoms with Crippen molar-refractivity contribution in [1.29, 1.82) is 0 Å². The third-order valence-electron chi connectivity index (χ3n) is 3.77. The molecule has 0 aromatic heterocycles. The van der Waals surface area contributed by atoms with Gasteiger partial charge < -0.3 is 9.80 Å². The van der Waals surface area contributed by atoms with Gasteiger partial charge in [-0.25, -0.2) is 0 Å².